The summed E-state index contributed by atoms with van der Waals surface area (Å²) >= 11 is 0. The molecule has 1 fully saturated rings. The van der Waals surface area contributed by atoms with Gasteiger partial charge >= 0.3 is 0 Å². The molecule has 0 radical (unpaired) electrons. The Kier molecular flexibility index (Phi) is 8.03. The highest BCUT2D eigenvalue weighted by Crippen LogP contribution is 2.20. The number of hydrogen-bond acceptors (Lipinski definition) is 3. The standard InChI is InChI=1S/C19H28FN5O2/c1-3-22-19(25-10-8-14(9-11-25)12-17(26)21-2)23-13-18(27)24-16-6-4-15(20)5-7-16/h4-7,14H,3,8-13H2,1-2H3,(H,21,26)(H,22,23)(H,24,27). The first-order valence-corrected chi connectivity index (χ1v) is 9.31. The van der Waals surface area contributed by atoms with Gasteiger partial charge in [-0.25, -0.2) is 9.38 Å². The van der Waals surface area contributed by atoms with Crippen molar-refractivity contribution in [3.63, 3.8) is 0 Å². The van der Waals surface area contributed by atoms with Crippen molar-refractivity contribution >= 4 is 23.5 Å². The number of carbonyl (C=O) groups excluding carboxylic acids is 2. The van der Waals surface area contributed by atoms with Crippen LogP contribution in [0.25, 0.3) is 0 Å². The maximum atomic E-state index is 12.9. The minimum Gasteiger partial charge on any atom is -0.359 e. The van der Waals surface area contributed by atoms with Gasteiger partial charge < -0.3 is 20.9 Å². The van der Waals surface area contributed by atoms with Crippen LogP contribution < -0.4 is 16.0 Å². The van der Waals surface area contributed by atoms with Crippen LogP contribution in [0.5, 0.6) is 0 Å². The number of halogens is 1. The van der Waals surface area contributed by atoms with E-state index in [0.717, 1.165) is 25.9 Å². The van der Waals surface area contributed by atoms with Crippen LogP contribution in [0.3, 0.4) is 0 Å². The normalized spacial score (nSPS) is 15.4. The van der Waals surface area contributed by atoms with E-state index in [9.17, 15) is 14.0 Å². The van der Waals surface area contributed by atoms with Gasteiger partial charge in [-0.1, -0.05) is 0 Å². The lowest BCUT2D eigenvalue weighted by Crippen LogP contribution is -2.46. The van der Waals surface area contributed by atoms with Gasteiger partial charge in [0, 0.05) is 38.8 Å². The monoisotopic (exact) mass is 377 g/mol. The lowest BCUT2D eigenvalue weighted by atomic mass is 9.93. The van der Waals surface area contributed by atoms with Gasteiger partial charge in [-0.2, -0.15) is 0 Å². The summed E-state index contributed by atoms with van der Waals surface area (Å²) in [6, 6.07) is 5.62. The third kappa shape index (κ3) is 6.88. The number of rotatable bonds is 6. The number of amides is 2. The molecule has 2 rings (SSSR count). The second kappa shape index (κ2) is 10.5. The van der Waals surface area contributed by atoms with Crippen LogP contribution >= 0.6 is 0 Å². The first kappa shape index (κ1) is 20.7. The van der Waals surface area contributed by atoms with E-state index in [-0.39, 0.29) is 24.2 Å². The predicted molar refractivity (Wildman–Crippen MR) is 104 cm³/mol. The fourth-order valence-electron chi connectivity index (χ4n) is 3.02. The summed E-state index contributed by atoms with van der Waals surface area (Å²) in [5, 5.41) is 8.58. The number of nitrogens with one attached hydrogen (secondary N) is 3. The van der Waals surface area contributed by atoms with Gasteiger partial charge in [-0.05, 0) is 49.9 Å². The number of hydrogen-bond donors (Lipinski definition) is 3. The summed E-state index contributed by atoms with van der Waals surface area (Å²) in [5.41, 5.74) is 0.539. The van der Waals surface area contributed by atoms with Crippen LogP contribution in [0.15, 0.2) is 29.3 Å². The Morgan fingerprint density at radius 3 is 2.44 bits per heavy atom. The molecule has 0 atom stereocenters. The highest BCUT2D eigenvalue weighted by Gasteiger charge is 2.23. The molecule has 0 aliphatic carbocycles. The Morgan fingerprint density at radius 1 is 1.19 bits per heavy atom. The topological polar surface area (TPSA) is 85.8 Å². The summed E-state index contributed by atoms with van der Waals surface area (Å²) < 4.78 is 12.9. The van der Waals surface area contributed by atoms with Crippen molar-refractivity contribution in [2.75, 3.05) is 38.5 Å². The number of nitrogens with zero attached hydrogens (tertiary/aromatic N) is 2. The number of benzene rings is 1. The van der Waals surface area contributed by atoms with E-state index in [4.69, 9.17) is 0 Å². The molecular formula is C19H28FN5O2. The van der Waals surface area contributed by atoms with Gasteiger partial charge in [0.15, 0.2) is 5.96 Å². The van der Waals surface area contributed by atoms with E-state index in [2.05, 4.69) is 25.8 Å². The summed E-state index contributed by atoms with van der Waals surface area (Å²) in [5.74, 6) is 0.550. The Bertz CT molecular complexity index is 655. The molecule has 1 saturated heterocycles. The molecule has 1 aromatic carbocycles. The maximum absolute atomic E-state index is 12.9. The molecule has 0 aromatic heterocycles. The number of likely N-dealkylation sites (tertiary alicyclic amines) is 1. The average Bonchev–Trinajstić information content (AvgIpc) is 2.67. The van der Waals surface area contributed by atoms with Crippen LogP contribution in [0.4, 0.5) is 10.1 Å². The summed E-state index contributed by atoms with van der Waals surface area (Å²) in [4.78, 5) is 30.1. The first-order valence-electron chi connectivity index (χ1n) is 9.31. The number of piperidine rings is 1. The number of anilines is 1. The van der Waals surface area contributed by atoms with Gasteiger partial charge in [0.2, 0.25) is 11.8 Å². The Hall–Kier alpha value is -2.64. The van der Waals surface area contributed by atoms with Crippen molar-refractivity contribution in [2.24, 2.45) is 10.9 Å². The van der Waals surface area contributed by atoms with Crippen LogP contribution in [0.1, 0.15) is 26.2 Å². The van der Waals surface area contributed by atoms with Crippen LogP contribution in [0, 0.1) is 11.7 Å². The zero-order chi connectivity index (χ0) is 19.6. The molecule has 1 heterocycles. The van der Waals surface area contributed by atoms with E-state index in [1.807, 2.05) is 6.92 Å². The number of aliphatic imine (C=N–C) groups is 1. The lowest BCUT2D eigenvalue weighted by molar-refractivity contribution is -0.121. The van der Waals surface area contributed by atoms with E-state index in [1.165, 1.54) is 24.3 Å². The molecule has 1 aliphatic heterocycles. The molecule has 3 N–H and O–H groups in total. The smallest absolute Gasteiger partial charge is 0.246 e. The third-order valence-corrected chi connectivity index (χ3v) is 4.50. The largest absolute Gasteiger partial charge is 0.359 e. The van der Waals surface area contributed by atoms with Crippen molar-refractivity contribution in [1.82, 2.24) is 15.5 Å². The molecule has 0 bridgehead atoms. The molecule has 27 heavy (non-hydrogen) atoms. The van der Waals surface area contributed by atoms with Crippen molar-refractivity contribution in [1.29, 1.82) is 0 Å². The molecule has 0 spiro atoms. The second-order valence-electron chi connectivity index (χ2n) is 6.53. The second-order valence-corrected chi connectivity index (χ2v) is 6.53. The molecule has 8 heteroatoms. The third-order valence-electron chi connectivity index (χ3n) is 4.50. The minimum absolute atomic E-state index is 0.0160. The summed E-state index contributed by atoms with van der Waals surface area (Å²) in [6.07, 6.45) is 2.39. The molecule has 0 saturated carbocycles. The van der Waals surface area contributed by atoms with Crippen molar-refractivity contribution in [3.05, 3.63) is 30.1 Å². The molecular weight excluding hydrogens is 349 g/mol. The Morgan fingerprint density at radius 2 is 1.85 bits per heavy atom. The van der Waals surface area contributed by atoms with Crippen LogP contribution in [0.2, 0.25) is 0 Å². The van der Waals surface area contributed by atoms with Gasteiger partial charge in [0.1, 0.15) is 12.4 Å². The molecule has 1 aliphatic rings. The summed E-state index contributed by atoms with van der Waals surface area (Å²) in [6.45, 7) is 4.26. The maximum Gasteiger partial charge on any atom is 0.246 e. The van der Waals surface area contributed by atoms with Crippen molar-refractivity contribution < 1.29 is 14.0 Å². The van der Waals surface area contributed by atoms with E-state index >= 15 is 0 Å². The van der Waals surface area contributed by atoms with Gasteiger partial charge in [0.05, 0.1) is 0 Å². The highest BCUT2D eigenvalue weighted by atomic mass is 19.1. The average molecular weight is 377 g/mol. The minimum atomic E-state index is -0.347. The zero-order valence-electron chi connectivity index (χ0n) is 15.9. The lowest BCUT2D eigenvalue weighted by Gasteiger charge is -2.34. The Balaban J connectivity index is 1.87. The predicted octanol–water partition coefficient (Wildman–Crippen LogP) is 1.58. The fourth-order valence-corrected chi connectivity index (χ4v) is 3.02. The molecule has 148 valence electrons. The van der Waals surface area contributed by atoms with E-state index in [1.54, 1.807) is 7.05 Å². The number of carbonyl (C=O) groups is 2. The van der Waals surface area contributed by atoms with Gasteiger partial charge in [0.25, 0.3) is 0 Å². The van der Waals surface area contributed by atoms with Crippen molar-refractivity contribution in [3.8, 4) is 0 Å². The molecule has 1 aromatic rings. The SMILES string of the molecule is CCNC(=NCC(=O)Nc1ccc(F)cc1)N1CCC(CC(=O)NC)CC1. The Labute approximate surface area is 159 Å². The first-order chi connectivity index (χ1) is 13.0. The molecule has 0 unspecified atom stereocenters. The highest BCUT2D eigenvalue weighted by molar-refractivity contribution is 5.94. The van der Waals surface area contributed by atoms with E-state index < -0.39 is 0 Å². The van der Waals surface area contributed by atoms with Crippen LogP contribution in [-0.4, -0.2) is 55.9 Å². The van der Waals surface area contributed by atoms with Gasteiger partial charge in [-0.15, -0.1) is 0 Å². The van der Waals surface area contributed by atoms with Crippen molar-refractivity contribution in [2.45, 2.75) is 26.2 Å². The fraction of sp³-hybridized carbons (Fsp3) is 0.526. The zero-order valence-corrected chi connectivity index (χ0v) is 15.9. The molecule has 7 nitrogen and oxygen atoms in total. The van der Waals surface area contributed by atoms with E-state index in [0.29, 0.717) is 30.5 Å². The quantitative estimate of drug-likeness (QED) is 0.519. The number of guanidine groups is 1. The van der Waals surface area contributed by atoms with Crippen LogP contribution in [-0.2, 0) is 9.59 Å². The molecule has 2 amide bonds. The van der Waals surface area contributed by atoms with Gasteiger partial charge in [-0.3, -0.25) is 9.59 Å². The summed E-state index contributed by atoms with van der Waals surface area (Å²) in [7, 11) is 1.66.